The maximum absolute atomic E-state index is 10.4. The Morgan fingerprint density at radius 1 is 1.30 bits per heavy atom. The number of likely N-dealkylation sites (tertiary alicyclic amines) is 1. The van der Waals surface area contributed by atoms with Crippen LogP contribution in [0.3, 0.4) is 0 Å². The summed E-state index contributed by atoms with van der Waals surface area (Å²) in [4.78, 5) is 2.44. The first-order chi connectivity index (χ1) is 9.62. The van der Waals surface area contributed by atoms with Crippen molar-refractivity contribution in [1.82, 2.24) is 4.90 Å². The summed E-state index contributed by atoms with van der Waals surface area (Å²) >= 11 is 0. The molecule has 1 unspecified atom stereocenters. The van der Waals surface area contributed by atoms with E-state index in [-0.39, 0.29) is 11.5 Å². The van der Waals surface area contributed by atoms with Gasteiger partial charge in [0, 0.05) is 22.9 Å². The third-order valence-corrected chi connectivity index (χ3v) is 5.70. The van der Waals surface area contributed by atoms with Crippen molar-refractivity contribution in [2.45, 2.75) is 36.8 Å². The first-order valence-electron chi connectivity index (χ1n) is 7.50. The number of fused-ring (bicyclic) bond motifs is 1. The van der Waals surface area contributed by atoms with E-state index in [9.17, 15) is 10.2 Å². The van der Waals surface area contributed by atoms with Gasteiger partial charge in [-0.05, 0) is 44.5 Å². The number of nitrogens with zero attached hydrogens (tertiary/aromatic N) is 1. The Bertz CT molecular complexity index is 582. The average molecular weight is 271 g/mol. The van der Waals surface area contributed by atoms with E-state index in [2.05, 4.69) is 24.1 Å². The van der Waals surface area contributed by atoms with Gasteiger partial charge in [-0.15, -0.1) is 0 Å². The highest BCUT2D eigenvalue weighted by molar-refractivity contribution is 5.51. The van der Waals surface area contributed by atoms with Crippen molar-refractivity contribution in [2.75, 3.05) is 13.6 Å². The molecule has 3 heteroatoms. The molecule has 1 fully saturated rings. The Kier molecular flexibility index (Phi) is 2.54. The maximum atomic E-state index is 10.4. The molecule has 0 radical (unpaired) electrons. The molecule has 0 aromatic heterocycles. The summed E-state index contributed by atoms with van der Waals surface area (Å²) in [5, 5.41) is 20.6. The zero-order valence-electron chi connectivity index (χ0n) is 11.8. The molecule has 1 aromatic rings. The fraction of sp³-hybridized carbons (Fsp3) is 0.529. The normalized spacial score (nSPS) is 39.2. The van der Waals surface area contributed by atoms with Gasteiger partial charge in [-0.3, -0.25) is 0 Å². The van der Waals surface area contributed by atoms with Crippen molar-refractivity contribution < 1.29 is 10.2 Å². The van der Waals surface area contributed by atoms with Crippen LogP contribution in [0, 0.1) is 5.92 Å². The Balaban J connectivity index is 1.97. The second kappa shape index (κ2) is 4.09. The number of piperidine rings is 1. The van der Waals surface area contributed by atoms with Crippen molar-refractivity contribution in [2.24, 2.45) is 5.92 Å². The number of aromatic hydroxyl groups is 1. The Morgan fingerprint density at radius 2 is 2.15 bits per heavy atom. The smallest absolute Gasteiger partial charge is 0.119 e. The number of hydrogen-bond donors (Lipinski definition) is 2. The van der Waals surface area contributed by atoms with Crippen LogP contribution < -0.4 is 0 Å². The molecular weight excluding hydrogens is 250 g/mol. The van der Waals surface area contributed by atoms with Crippen LogP contribution in [0.4, 0.5) is 0 Å². The lowest BCUT2D eigenvalue weighted by molar-refractivity contribution is 0.0195. The maximum Gasteiger partial charge on any atom is 0.119 e. The van der Waals surface area contributed by atoms with Gasteiger partial charge < -0.3 is 15.1 Å². The third-order valence-electron chi connectivity index (χ3n) is 5.70. The first-order valence-corrected chi connectivity index (χ1v) is 7.50. The summed E-state index contributed by atoms with van der Waals surface area (Å²) in [5.74, 6) is 0.823. The molecule has 2 bridgehead atoms. The van der Waals surface area contributed by atoms with Gasteiger partial charge in [0.1, 0.15) is 5.75 Å². The zero-order chi connectivity index (χ0) is 13.9. The van der Waals surface area contributed by atoms with Gasteiger partial charge in [0.05, 0.1) is 6.10 Å². The highest BCUT2D eigenvalue weighted by Gasteiger charge is 2.54. The Hall–Kier alpha value is -1.32. The average Bonchev–Trinajstić information content (AvgIpc) is 2.42. The molecule has 0 amide bonds. The van der Waals surface area contributed by atoms with Crippen molar-refractivity contribution in [3.8, 4) is 5.75 Å². The van der Waals surface area contributed by atoms with Crippen LogP contribution >= 0.6 is 0 Å². The number of phenolic OH excluding ortho intramolecular Hbond substituents is 1. The van der Waals surface area contributed by atoms with E-state index in [1.54, 1.807) is 6.07 Å². The lowest BCUT2D eigenvalue weighted by Gasteiger charge is -2.57. The quantitative estimate of drug-likeness (QED) is 0.708. The molecule has 3 nitrogen and oxygen atoms in total. The highest BCUT2D eigenvalue weighted by Crippen LogP contribution is 2.55. The zero-order valence-corrected chi connectivity index (χ0v) is 11.8. The minimum atomic E-state index is -0.388. The van der Waals surface area contributed by atoms with Crippen LogP contribution in [-0.2, 0) is 11.8 Å². The van der Waals surface area contributed by atoms with E-state index in [1.165, 1.54) is 5.56 Å². The monoisotopic (exact) mass is 271 g/mol. The lowest BCUT2D eigenvalue weighted by Crippen LogP contribution is -2.60. The van der Waals surface area contributed by atoms with Crippen LogP contribution in [0.15, 0.2) is 30.4 Å². The van der Waals surface area contributed by atoms with Crippen LogP contribution in [0.1, 0.15) is 24.0 Å². The van der Waals surface area contributed by atoms with Crippen molar-refractivity contribution >= 4 is 0 Å². The Morgan fingerprint density at radius 3 is 3.00 bits per heavy atom. The SMILES string of the molecule is CN1CC[C@]23CC(O)C=C[C@H]2[C@H]1Cc1cccc(O)c13. The molecule has 4 atom stereocenters. The second-order valence-corrected chi connectivity index (χ2v) is 6.65. The third kappa shape index (κ3) is 1.48. The molecule has 20 heavy (non-hydrogen) atoms. The molecule has 4 rings (SSSR count). The van der Waals surface area contributed by atoms with E-state index >= 15 is 0 Å². The summed E-state index contributed by atoms with van der Waals surface area (Å²) in [6.07, 6.45) is 6.50. The van der Waals surface area contributed by atoms with E-state index in [0.29, 0.717) is 17.7 Å². The second-order valence-electron chi connectivity index (χ2n) is 6.65. The predicted octanol–water partition coefficient (Wildman–Crippen LogP) is 1.83. The van der Waals surface area contributed by atoms with E-state index in [4.69, 9.17) is 0 Å². The van der Waals surface area contributed by atoms with Gasteiger partial charge in [0.15, 0.2) is 0 Å². The summed E-state index contributed by atoms with van der Waals surface area (Å²) in [5.41, 5.74) is 2.29. The minimum absolute atomic E-state index is 0.0791. The van der Waals surface area contributed by atoms with Gasteiger partial charge in [-0.25, -0.2) is 0 Å². The van der Waals surface area contributed by atoms with Crippen LogP contribution in [0.25, 0.3) is 0 Å². The first kappa shape index (κ1) is 12.4. The van der Waals surface area contributed by atoms with Gasteiger partial charge in [0.25, 0.3) is 0 Å². The number of phenols is 1. The number of hydrogen-bond acceptors (Lipinski definition) is 3. The molecule has 106 valence electrons. The van der Waals surface area contributed by atoms with Crippen LogP contribution in [-0.4, -0.2) is 40.9 Å². The molecule has 1 aromatic carbocycles. The molecule has 2 N–H and O–H groups in total. The van der Waals surface area contributed by atoms with E-state index < -0.39 is 0 Å². The molecule has 2 aliphatic carbocycles. The molecule has 1 heterocycles. The molecule has 1 saturated heterocycles. The summed E-state index contributed by atoms with van der Waals surface area (Å²) < 4.78 is 0. The molecular formula is C17H21NO2. The van der Waals surface area contributed by atoms with Gasteiger partial charge >= 0.3 is 0 Å². The van der Waals surface area contributed by atoms with Gasteiger partial charge in [-0.1, -0.05) is 24.3 Å². The minimum Gasteiger partial charge on any atom is -0.508 e. The fourth-order valence-corrected chi connectivity index (χ4v) is 4.82. The lowest BCUT2D eigenvalue weighted by atomic mass is 9.53. The topological polar surface area (TPSA) is 43.7 Å². The van der Waals surface area contributed by atoms with E-state index in [0.717, 1.165) is 31.4 Å². The number of rotatable bonds is 0. The molecule has 3 aliphatic rings. The van der Waals surface area contributed by atoms with Crippen LogP contribution in [0.2, 0.25) is 0 Å². The standard InChI is InChI=1S/C17H21NO2/c1-18-8-7-17-10-12(19)5-6-13(17)14(18)9-11-3-2-4-15(20)16(11)17/h2-6,12-14,19-20H,7-10H2,1H3/t12?,13-,14+,17-/m0/s1. The van der Waals surface area contributed by atoms with Crippen molar-refractivity contribution in [3.63, 3.8) is 0 Å². The predicted molar refractivity (Wildman–Crippen MR) is 77.8 cm³/mol. The number of benzene rings is 1. The Labute approximate surface area is 119 Å². The van der Waals surface area contributed by atoms with E-state index in [1.807, 2.05) is 12.1 Å². The summed E-state index contributed by atoms with van der Waals surface area (Å²) in [6.45, 7) is 1.04. The molecule has 0 saturated carbocycles. The van der Waals surface area contributed by atoms with Gasteiger partial charge in [0.2, 0.25) is 0 Å². The highest BCUT2D eigenvalue weighted by atomic mass is 16.3. The molecule has 1 aliphatic heterocycles. The fourth-order valence-electron chi connectivity index (χ4n) is 4.82. The number of aliphatic hydroxyl groups is 1. The summed E-state index contributed by atoms with van der Waals surface area (Å²) in [7, 11) is 2.20. The number of aliphatic hydroxyl groups excluding tert-OH is 1. The molecule has 0 spiro atoms. The number of likely N-dealkylation sites (N-methyl/N-ethyl adjacent to an activating group) is 1. The van der Waals surface area contributed by atoms with Crippen molar-refractivity contribution in [3.05, 3.63) is 41.5 Å². The van der Waals surface area contributed by atoms with Crippen molar-refractivity contribution in [1.29, 1.82) is 0 Å². The van der Waals surface area contributed by atoms with Gasteiger partial charge in [-0.2, -0.15) is 0 Å². The summed E-state index contributed by atoms with van der Waals surface area (Å²) in [6, 6.07) is 6.37. The van der Waals surface area contributed by atoms with Crippen LogP contribution in [0.5, 0.6) is 5.75 Å². The largest absolute Gasteiger partial charge is 0.508 e.